The van der Waals surface area contributed by atoms with Crippen molar-refractivity contribution in [3.05, 3.63) is 21.1 Å². The number of morpholine rings is 1. The van der Waals surface area contributed by atoms with E-state index in [0.717, 1.165) is 56.4 Å². The molecule has 2 fully saturated rings. The first-order chi connectivity index (χ1) is 13.3. The molecule has 2 aliphatic heterocycles. The third-order valence-electron chi connectivity index (χ3n) is 5.52. The molecule has 2 aromatic rings. The Morgan fingerprint density at radius 3 is 2.50 bits per heavy atom. The summed E-state index contributed by atoms with van der Waals surface area (Å²) in [6.45, 7) is 8.85. The molecule has 2 aromatic heterocycles. The van der Waals surface area contributed by atoms with Gasteiger partial charge in [-0.05, 0) is 18.6 Å². The summed E-state index contributed by atoms with van der Waals surface area (Å²) in [4.78, 5) is 9.39. The van der Waals surface area contributed by atoms with Gasteiger partial charge >= 0.3 is 0 Å². The first-order valence-corrected chi connectivity index (χ1v) is 12.6. The molecule has 4 heterocycles. The molecule has 0 radical (unpaired) electrons. The van der Waals surface area contributed by atoms with Crippen molar-refractivity contribution >= 4 is 49.5 Å². The summed E-state index contributed by atoms with van der Waals surface area (Å²) in [7, 11) is -3.10. The zero-order valence-electron chi connectivity index (χ0n) is 16.2. The monoisotopic (exact) mass is 442 g/mol. The Kier molecular flexibility index (Phi) is 5.78. The van der Waals surface area contributed by atoms with Crippen molar-refractivity contribution in [3.63, 3.8) is 0 Å². The number of fused-ring (bicyclic) bond motifs is 1. The van der Waals surface area contributed by atoms with Crippen molar-refractivity contribution in [2.75, 3.05) is 63.6 Å². The summed E-state index contributed by atoms with van der Waals surface area (Å²) in [5.74, 6) is 1.10. The van der Waals surface area contributed by atoms with Crippen molar-refractivity contribution in [1.29, 1.82) is 0 Å². The third kappa shape index (κ3) is 4.12. The number of aromatic amines is 1. The second-order valence-corrected chi connectivity index (χ2v) is 10.9. The van der Waals surface area contributed by atoms with Gasteiger partial charge in [0.2, 0.25) is 10.0 Å². The number of nitrogens with zero attached hydrogens (tertiary/aromatic N) is 3. The number of aromatic nitrogens is 1. The van der Waals surface area contributed by atoms with E-state index in [2.05, 4.69) is 27.8 Å². The number of hydrogen-bond donors (Lipinski definition) is 1. The molecule has 0 saturated carbocycles. The first kappa shape index (κ1) is 20.2. The Morgan fingerprint density at radius 1 is 1.18 bits per heavy atom. The van der Waals surface area contributed by atoms with Gasteiger partial charge in [-0.15, -0.1) is 11.3 Å². The molecule has 0 amide bonds. The van der Waals surface area contributed by atoms with E-state index in [9.17, 15) is 8.42 Å². The Labute approximate surface area is 174 Å². The highest BCUT2D eigenvalue weighted by molar-refractivity contribution is 7.88. The van der Waals surface area contributed by atoms with Gasteiger partial charge in [0.05, 0.1) is 24.2 Å². The van der Waals surface area contributed by atoms with Crippen LogP contribution in [0.1, 0.15) is 10.4 Å². The van der Waals surface area contributed by atoms with Crippen LogP contribution >= 0.6 is 23.6 Å². The number of pyridine rings is 1. The number of anilines is 1. The predicted octanol–water partition coefficient (Wildman–Crippen LogP) is 2.18. The van der Waals surface area contributed by atoms with Gasteiger partial charge in [0.25, 0.3) is 0 Å². The van der Waals surface area contributed by atoms with Crippen LogP contribution in [-0.4, -0.2) is 81.3 Å². The van der Waals surface area contributed by atoms with Crippen molar-refractivity contribution in [2.45, 2.75) is 13.5 Å². The largest absolute Gasteiger partial charge is 0.378 e. The van der Waals surface area contributed by atoms with Gasteiger partial charge in [0.15, 0.2) is 0 Å². The molecule has 0 aromatic carbocycles. The number of ether oxygens (including phenoxy) is 1. The first-order valence-electron chi connectivity index (χ1n) is 9.48. The average Bonchev–Trinajstić information content (AvgIpc) is 2.97. The lowest BCUT2D eigenvalue weighted by atomic mass is 10.1. The van der Waals surface area contributed by atoms with Crippen molar-refractivity contribution < 1.29 is 13.2 Å². The van der Waals surface area contributed by atoms with Gasteiger partial charge in [-0.25, -0.2) is 8.42 Å². The normalized spacial score (nSPS) is 20.1. The van der Waals surface area contributed by atoms with Crippen LogP contribution in [0.2, 0.25) is 0 Å². The van der Waals surface area contributed by atoms with Crippen LogP contribution in [0.3, 0.4) is 0 Å². The number of rotatable bonds is 4. The molecule has 1 N–H and O–H groups in total. The second kappa shape index (κ2) is 8.00. The highest BCUT2D eigenvalue weighted by atomic mass is 32.2. The van der Waals surface area contributed by atoms with Crippen molar-refractivity contribution in [1.82, 2.24) is 14.2 Å². The molecule has 0 atom stereocenters. The highest BCUT2D eigenvalue weighted by Crippen LogP contribution is 2.37. The lowest BCUT2D eigenvalue weighted by Gasteiger charge is -2.33. The van der Waals surface area contributed by atoms with Crippen LogP contribution in [-0.2, 0) is 21.3 Å². The smallest absolute Gasteiger partial charge is 0.211 e. The van der Waals surface area contributed by atoms with Gasteiger partial charge in [0, 0.05) is 56.1 Å². The summed E-state index contributed by atoms with van der Waals surface area (Å²) in [5.41, 5.74) is 1.28. The lowest BCUT2D eigenvalue weighted by Crippen LogP contribution is -2.47. The highest BCUT2D eigenvalue weighted by Gasteiger charge is 2.25. The third-order valence-corrected chi connectivity index (χ3v) is 8.34. The molecule has 154 valence electrons. The van der Waals surface area contributed by atoms with E-state index >= 15 is 0 Å². The van der Waals surface area contributed by atoms with E-state index in [0.29, 0.717) is 13.1 Å². The standard InChI is InChI=1S/C18H26N4O3S3/c1-13-14-11-16(26)19-18(21-7-9-25-10-8-21)17(14)27-15(13)12-20-3-5-22(6-4-20)28(2,23)24/h11H,3-10,12H2,1-2H3,(H,19,26). The number of sulfonamides is 1. The van der Waals surface area contributed by atoms with Gasteiger partial charge < -0.3 is 14.6 Å². The minimum absolute atomic E-state index is 0.561. The van der Waals surface area contributed by atoms with Gasteiger partial charge in [0.1, 0.15) is 10.5 Å². The summed E-state index contributed by atoms with van der Waals surface area (Å²) in [5, 5.41) is 1.22. The Hall–Kier alpha value is -1.04. The number of nitrogens with one attached hydrogen (secondary N) is 1. The molecule has 0 unspecified atom stereocenters. The number of aryl methyl sites for hydroxylation is 1. The quantitative estimate of drug-likeness (QED) is 0.732. The zero-order valence-corrected chi connectivity index (χ0v) is 18.7. The minimum Gasteiger partial charge on any atom is -0.378 e. The van der Waals surface area contributed by atoms with Gasteiger partial charge in [-0.2, -0.15) is 4.31 Å². The van der Waals surface area contributed by atoms with Crippen molar-refractivity contribution in [2.24, 2.45) is 0 Å². The molecule has 2 aliphatic rings. The molecule has 4 rings (SSSR count). The molecule has 7 nitrogen and oxygen atoms in total. The van der Waals surface area contributed by atoms with E-state index in [1.165, 1.54) is 26.8 Å². The molecule has 2 saturated heterocycles. The topological polar surface area (TPSA) is 68.9 Å². The van der Waals surface area contributed by atoms with E-state index < -0.39 is 10.0 Å². The molecular formula is C18H26N4O3S3. The summed E-state index contributed by atoms with van der Waals surface area (Å²) >= 11 is 7.31. The van der Waals surface area contributed by atoms with Gasteiger partial charge in [-0.3, -0.25) is 4.90 Å². The van der Waals surface area contributed by atoms with Crippen LogP contribution in [0.4, 0.5) is 5.82 Å². The SMILES string of the molecule is Cc1c(CN2CCN(S(C)(=O)=O)CC2)sc2c(N3CCOCC3)[nH]c(=S)cc12. The van der Waals surface area contributed by atoms with Crippen LogP contribution < -0.4 is 4.90 Å². The fourth-order valence-corrected chi connectivity index (χ4v) is 6.24. The van der Waals surface area contributed by atoms with E-state index in [-0.39, 0.29) is 0 Å². The van der Waals surface area contributed by atoms with Crippen LogP contribution in [0.5, 0.6) is 0 Å². The average molecular weight is 443 g/mol. The van der Waals surface area contributed by atoms with E-state index in [1.807, 2.05) is 11.3 Å². The lowest BCUT2D eigenvalue weighted by molar-refractivity contribution is 0.122. The maximum Gasteiger partial charge on any atom is 0.211 e. The predicted molar refractivity (Wildman–Crippen MR) is 116 cm³/mol. The van der Waals surface area contributed by atoms with Crippen molar-refractivity contribution in [3.8, 4) is 0 Å². The fourth-order valence-electron chi connectivity index (χ4n) is 3.85. The molecule has 28 heavy (non-hydrogen) atoms. The maximum absolute atomic E-state index is 11.7. The Morgan fingerprint density at radius 2 is 1.86 bits per heavy atom. The summed E-state index contributed by atoms with van der Waals surface area (Å²) < 4.78 is 32.5. The molecular weight excluding hydrogens is 416 g/mol. The number of piperazine rings is 1. The minimum atomic E-state index is -3.10. The number of hydrogen-bond acceptors (Lipinski definition) is 7. The van der Waals surface area contributed by atoms with Crippen LogP contribution in [0.15, 0.2) is 6.07 Å². The maximum atomic E-state index is 11.7. The zero-order chi connectivity index (χ0) is 19.9. The fraction of sp³-hybridized carbons (Fsp3) is 0.611. The Balaban J connectivity index is 1.59. The second-order valence-electron chi connectivity index (χ2n) is 7.41. The van der Waals surface area contributed by atoms with Crippen LogP contribution in [0, 0.1) is 11.6 Å². The molecule has 0 spiro atoms. The molecule has 0 aliphatic carbocycles. The van der Waals surface area contributed by atoms with Gasteiger partial charge in [-0.1, -0.05) is 12.2 Å². The summed E-state index contributed by atoms with van der Waals surface area (Å²) in [6.07, 6.45) is 1.29. The van der Waals surface area contributed by atoms with E-state index in [1.54, 1.807) is 4.31 Å². The molecule has 0 bridgehead atoms. The van der Waals surface area contributed by atoms with Crippen LogP contribution in [0.25, 0.3) is 10.1 Å². The summed E-state index contributed by atoms with van der Waals surface area (Å²) in [6, 6.07) is 2.06. The molecule has 10 heteroatoms. The Bertz CT molecular complexity index is 1020. The van der Waals surface area contributed by atoms with E-state index in [4.69, 9.17) is 17.0 Å². The number of H-pyrrole nitrogens is 1. The number of thiophene rings is 1.